The van der Waals surface area contributed by atoms with Gasteiger partial charge in [0.25, 0.3) is 0 Å². The van der Waals surface area contributed by atoms with E-state index >= 15 is 0 Å². The molecule has 0 aliphatic carbocycles. The van der Waals surface area contributed by atoms with E-state index in [9.17, 15) is 26.3 Å². The lowest BCUT2D eigenvalue weighted by Gasteiger charge is -2.21. The van der Waals surface area contributed by atoms with Crippen molar-refractivity contribution in [2.75, 3.05) is 0 Å². The molecule has 60 heavy (non-hydrogen) atoms. The summed E-state index contributed by atoms with van der Waals surface area (Å²) in [5, 5.41) is 16.5. The fourth-order valence-electron chi connectivity index (χ4n) is 10.4. The Morgan fingerprint density at radius 2 is 0.700 bits per heavy atom. The Hall–Kier alpha value is -6.92. The van der Waals surface area contributed by atoms with Gasteiger partial charge in [0.15, 0.2) is 0 Å². The highest BCUT2D eigenvalue weighted by atomic mass is 19.4. The summed E-state index contributed by atoms with van der Waals surface area (Å²) >= 11 is 0. The normalized spacial score (nSPS) is 13.0. The van der Waals surface area contributed by atoms with Crippen LogP contribution < -0.4 is 0 Å². The second kappa shape index (κ2) is 11.9. The monoisotopic (exact) mass is 792 g/mol. The summed E-state index contributed by atoms with van der Waals surface area (Å²) in [6, 6.07) is 44.7. The number of benzene rings is 10. The lowest BCUT2D eigenvalue weighted by Crippen LogP contribution is -2.06. The summed E-state index contributed by atoms with van der Waals surface area (Å²) < 4.78 is 88.3. The largest absolute Gasteiger partial charge is 0.416 e. The van der Waals surface area contributed by atoms with Gasteiger partial charge >= 0.3 is 12.4 Å². The highest BCUT2D eigenvalue weighted by molar-refractivity contribution is 6.44. The van der Waals surface area contributed by atoms with Crippen LogP contribution in [0.2, 0.25) is 0 Å². The van der Waals surface area contributed by atoms with Crippen molar-refractivity contribution in [3.8, 4) is 22.3 Å². The molecule has 0 nitrogen and oxygen atoms in total. The molecule has 0 aromatic heterocycles. The topological polar surface area (TPSA) is 0 Å². The third-order valence-electron chi connectivity index (χ3n) is 13.0. The summed E-state index contributed by atoms with van der Waals surface area (Å²) in [6.07, 6.45) is -9.23. The standard InChI is InChI=1S/C54H30F6/c1-27-17-19-31(53(55,56)57)23-39(27)49-45-26-42-41(37-15-7-13-35-33-11-5-3-9-29(33)21-43(42)47(35)37)25-44(45)50(40-24-32(54(58,59)60)20-18-28(40)2)52-46-22-30-10-4-6-12-34(30)36-14-8-16-38(48(36)46)51(49)52/h3-26H,1-2H3. The molecule has 12 rings (SSSR count). The maximum absolute atomic E-state index is 14.7. The number of fused-ring (bicyclic) bond motifs is 11. The lowest BCUT2D eigenvalue weighted by molar-refractivity contribution is -0.138. The van der Waals surface area contributed by atoms with E-state index < -0.39 is 23.5 Å². The Labute approximate surface area is 338 Å². The molecule has 0 saturated carbocycles. The van der Waals surface area contributed by atoms with E-state index in [-0.39, 0.29) is 0 Å². The third-order valence-corrected chi connectivity index (χ3v) is 13.0. The van der Waals surface area contributed by atoms with Crippen LogP contribution in [0.15, 0.2) is 146 Å². The van der Waals surface area contributed by atoms with Crippen LogP contribution >= 0.6 is 0 Å². The molecule has 288 valence electrons. The zero-order valence-corrected chi connectivity index (χ0v) is 32.1. The molecule has 0 N–H and O–H groups in total. The van der Waals surface area contributed by atoms with E-state index in [1.54, 1.807) is 0 Å². The van der Waals surface area contributed by atoms with Crippen LogP contribution in [0, 0.1) is 13.8 Å². The fourth-order valence-corrected chi connectivity index (χ4v) is 10.4. The predicted octanol–water partition coefficient (Wildman–Crippen LogP) is 16.9. The van der Waals surface area contributed by atoms with Gasteiger partial charge in [-0.1, -0.05) is 97.1 Å². The Balaban J connectivity index is 1.41. The SMILES string of the molecule is Cc1ccc(C(F)(F)F)cc1-c1c2cc3c(cc2c(-c2cc(C(F)(F)F)ccc2C)c2c4cc5ccccc5c5cccc(c12)c54)c1cccc2c4ccccc4cc3c21. The van der Waals surface area contributed by atoms with E-state index in [0.717, 1.165) is 87.5 Å². The molecular formula is C54H30F6. The Morgan fingerprint density at radius 3 is 1.22 bits per heavy atom. The van der Waals surface area contributed by atoms with Gasteiger partial charge in [-0.2, -0.15) is 26.3 Å². The maximum atomic E-state index is 14.7. The Bertz CT molecular complexity index is 3810. The van der Waals surface area contributed by atoms with Crippen LogP contribution in [0.3, 0.4) is 0 Å². The average molecular weight is 793 g/mol. The molecule has 0 fully saturated rings. The van der Waals surface area contributed by atoms with Crippen molar-refractivity contribution in [1.82, 2.24) is 0 Å². The molecule has 0 saturated heterocycles. The first-order chi connectivity index (χ1) is 28.9. The zero-order valence-electron chi connectivity index (χ0n) is 32.1. The van der Waals surface area contributed by atoms with E-state index in [0.29, 0.717) is 54.9 Å². The van der Waals surface area contributed by atoms with Crippen molar-refractivity contribution in [2.24, 2.45) is 0 Å². The summed E-state index contributed by atoms with van der Waals surface area (Å²) in [4.78, 5) is 0. The number of alkyl halides is 6. The first-order valence-corrected chi connectivity index (χ1v) is 19.8. The third kappa shape index (κ3) is 4.70. The molecular weight excluding hydrogens is 763 g/mol. The maximum Gasteiger partial charge on any atom is 0.416 e. The van der Waals surface area contributed by atoms with Gasteiger partial charge in [0, 0.05) is 0 Å². The Kier molecular flexibility index (Phi) is 6.93. The predicted molar refractivity (Wildman–Crippen MR) is 237 cm³/mol. The number of rotatable bonds is 2. The molecule has 0 aliphatic heterocycles. The van der Waals surface area contributed by atoms with Gasteiger partial charge in [0.2, 0.25) is 0 Å². The highest BCUT2D eigenvalue weighted by Gasteiger charge is 2.34. The van der Waals surface area contributed by atoms with Crippen molar-refractivity contribution in [2.45, 2.75) is 26.2 Å². The van der Waals surface area contributed by atoms with Gasteiger partial charge in [-0.15, -0.1) is 0 Å². The minimum absolute atomic E-state index is 0.423. The molecule has 0 aliphatic rings. The number of halogens is 6. The first kappa shape index (κ1) is 35.1. The molecule has 0 atom stereocenters. The molecule has 0 unspecified atom stereocenters. The zero-order chi connectivity index (χ0) is 41.0. The summed E-state index contributed by atoms with van der Waals surface area (Å²) in [7, 11) is 0. The number of hydrogen-bond acceptors (Lipinski definition) is 0. The van der Waals surface area contributed by atoms with Crippen LogP contribution in [0.5, 0.6) is 0 Å². The van der Waals surface area contributed by atoms with Gasteiger partial charge in [0.05, 0.1) is 11.1 Å². The van der Waals surface area contributed by atoms with Gasteiger partial charge < -0.3 is 0 Å². The van der Waals surface area contributed by atoms with E-state index in [1.165, 1.54) is 24.3 Å². The van der Waals surface area contributed by atoms with Gasteiger partial charge in [0.1, 0.15) is 0 Å². The molecule has 0 heterocycles. The molecule has 12 aromatic rings. The van der Waals surface area contributed by atoms with Crippen molar-refractivity contribution in [3.05, 3.63) is 168 Å². The highest BCUT2D eigenvalue weighted by Crippen LogP contribution is 2.55. The van der Waals surface area contributed by atoms with Crippen LogP contribution in [-0.4, -0.2) is 0 Å². The van der Waals surface area contributed by atoms with Crippen molar-refractivity contribution in [3.63, 3.8) is 0 Å². The van der Waals surface area contributed by atoms with Crippen molar-refractivity contribution in [1.29, 1.82) is 0 Å². The smallest absolute Gasteiger partial charge is 0.166 e. The number of aryl methyl sites for hydroxylation is 2. The van der Waals surface area contributed by atoms with E-state index in [1.807, 2.05) is 62.4 Å². The van der Waals surface area contributed by atoms with E-state index in [4.69, 9.17) is 0 Å². The second-order valence-corrected chi connectivity index (χ2v) is 16.2. The van der Waals surface area contributed by atoms with Crippen LogP contribution in [-0.2, 0) is 12.4 Å². The fraction of sp³-hybridized carbons (Fsp3) is 0.0741. The molecule has 6 heteroatoms. The van der Waals surface area contributed by atoms with Gasteiger partial charge in [-0.05, 0) is 193 Å². The lowest BCUT2D eigenvalue weighted by atomic mass is 9.83. The summed E-state index contributed by atoms with van der Waals surface area (Å²) in [5.74, 6) is 0. The molecule has 12 aromatic carbocycles. The molecule has 0 amide bonds. The second-order valence-electron chi connectivity index (χ2n) is 16.2. The minimum atomic E-state index is -4.61. The van der Waals surface area contributed by atoms with Crippen LogP contribution in [0.25, 0.3) is 119 Å². The Morgan fingerprint density at radius 1 is 0.300 bits per heavy atom. The van der Waals surface area contributed by atoms with E-state index in [2.05, 4.69) is 60.7 Å². The summed E-state index contributed by atoms with van der Waals surface area (Å²) in [6.45, 7) is 3.65. The average Bonchev–Trinajstić information content (AvgIpc) is 3.72. The summed E-state index contributed by atoms with van der Waals surface area (Å²) in [5.41, 5.74) is 1.86. The van der Waals surface area contributed by atoms with Crippen molar-refractivity contribution < 1.29 is 26.3 Å². The van der Waals surface area contributed by atoms with Crippen molar-refractivity contribution >= 4 is 97.0 Å². The van der Waals surface area contributed by atoms with Gasteiger partial charge in [-0.25, -0.2) is 0 Å². The first-order valence-electron chi connectivity index (χ1n) is 19.8. The van der Waals surface area contributed by atoms with Crippen LogP contribution in [0.1, 0.15) is 22.3 Å². The molecule has 0 bridgehead atoms. The minimum Gasteiger partial charge on any atom is -0.166 e. The molecule has 0 spiro atoms. The molecule has 0 radical (unpaired) electrons. The number of hydrogen-bond donors (Lipinski definition) is 0. The quantitative estimate of drug-likeness (QED) is 0.121. The van der Waals surface area contributed by atoms with Crippen LogP contribution in [0.4, 0.5) is 26.3 Å². The van der Waals surface area contributed by atoms with Gasteiger partial charge in [-0.3, -0.25) is 0 Å².